The lowest BCUT2D eigenvalue weighted by molar-refractivity contribution is -0.384. The standard InChI is InChI=1S/C27H26N4O4/c1-19-9-14-25(35-3)21(15-19)17-29(2)26(32)16-22-18-30(23-7-5-4-6-8-23)28-27(22)20-10-12-24(13-11-20)31(33)34/h4-15,18H,16-17H2,1-3H3. The molecule has 1 amide bonds. The van der Waals surface area contributed by atoms with Gasteiger partial charge in [0.1, 0.15) is 5.75 Å². The van der Waals surface area contributed by atoms with Crippen LogP contribution in [0.2, 0.25) is 0 Å². The SMILES string of the molecule is COc1ccc(C)cc1CN(C)C(=O)Cc1cn(-c2ccccc2)nc1-c1ccc([N+](=O)[O-])cc1. The molecule has 0 spiro atoms. The van der Waals surface area contributed by atoms with E-state index in [2.05, 4.69) is 0 Å². The number of amides is 1. The molecule has 0 aliphatic carbocycles. The molecule has 0 radical (unpaired) electrons. The number of carbonyl (C=O) groups excluding carboxylic acids is 1. The molecular weight excluding hydrogens is 444 g/mol. The highest BCUT2D eigenvalue weighted by atomic mass is 16.6. The summed E-state index contributed by atoms with van der Waals surface area (Å²) in [5, 5.41) is 15.8. The molecule has 1 heterocycles. The number of aromatic nitrogens is 2. The number of nitro benzene ring substituents is 1. The maximum atomic E-state index is 13.2. The van der Waals surface area contributed by atoms with Crippen LogP contribution < -0.4 is 4.74 Å². The van der Waals surface area contributed by atoms with E-state index >= 15 is 0 Å². The van der Waals surface area contributed by atoms with E-state index in [9.17, 15) is 14.9 Å². The van der Waals surface area contributed by atoms with Crippen molar-refractivity contribution in [3.8, 4) is 22.7 Å². The fourth-order valence-corrected chi connectivity index (χ4v) is 3.91. The van der Waals surface area contributed by atoms with E-state index in [1.165, 1.54) is 12.1 Å². The molecule has 4 aromatic rings. The molecule has 0 bridgehead atoms. The summed E-state index contributed by atoms with van der Waals surface area (Å²) in [6, 6.07) is 21.7. The Bertz CT molecular complexity index is 1350. The third-order valence-corrected chi connectivity index (χ3v) is 5.77. The van der Waals surface area contributed by atoms with Gasteiger partial charge in [-0.1, -0.05) is 35.9 Å². The number of likely N-dealkylation sites (N-methyl/N-ethyl adjacent to an activating group) is 1. The Morgan fingerprint density at radius 3 is 2.43 bits per heavy atom. The molecule has 0 saturated carbocycles. The largest absolute Gasteiger partial charge is 0.496 e. The third-order valence-electron chi connectivity index (χ3n) is 5.77. The van der Waals surface area contributed by atoms with Crippen molar-refractivity contribution in [1.29, 1.82) is 0 Å². The molecule has 8 heteroatoms. The molecule has 3 aromatic carbocycles. The zero-order valence-electron chi connectivity index (χ0n) is 19.8. The van der Waals surface area contributed by atoms with Gasteiger partial charge >= 0.3 is 0 Å². The van der Waals surface area contributed by atoms with Crippen molar-refractivity contribution in [3.63, 3.8) is 0 Å². The van der Waals surface area contributed by atoms with E-state index in [0.717, 1.165) is 28.1 Å². The topological polar surface area (TPSA) is 90.5 Å². The van der Waals surface area contributed by atoms with Crippen molar-refractivity contribution in [1.82, 2.24) is 14.7 Å². The summed E-state index contributed by atoms with van der Waals surface area (Å²) in [5.74, 6) is 0.656. The molecule has 0 aliphatic rings. The molecule has 8 nitrogen and oxygen atoms in total. The minimum atomic E-state index is -0.439. The number of non-ortho nitro benzene ring substituents is 1. The van der Waals surface area contributed by atoms with Gasteiger partial charge in [-0.25, -0.2) is 4.68 Å². The van der Waals surface area contributed by atoms with Crippen molar-refractivity contribution in [3.05, 3.63) is 106 Å². The second-order valence-corrected chi connectivity index (χ2v) is 8.33. The van der Waals surface area contributed by atoms with Gasteiger partial charge in [-0.05, 0) is 37.3 Å². The van der Waals surface area contributed by atoms with Crippen molar-refractivity contribution in [2.24, 2.45) is 0 Å². The van der Waals surface area contributed by atoms with Crippen LogP contribution in [0.15, 0.2) is 79.0 Å². The average Bonchev–Trinajstić information content (AvgIpc) is 3.28. The average molecular weight is 471 g/mol. The summed E-state index contributed by atoms with van der Waals surface area (Å²) in [7, 11) is 3.38. The van der Waals surface area contributed by atoms with Gasteiger partial charge in [0.25, 0.3) is 5.69 Å². The van der Waals surface area contributed by atoms with Gasteiger partial charge in [0.15, 0.2) is 0 Å². The van der Waals surface area contributed by atoms with Crippen LogP contribution in [0.25, 0.3) is 16.9 Å². The Morgan fingerprint density at radius 1 is 1.06 bits per heavy atom. The smallest absolute Gasteiger partial charge is 0.269 e. The number of aryl methyl sites for hydroxylation is 1. The first kappa shape index (κ1) is 23.7. The summed E-state index contributed by atoms with van der Waals surface area (Å²) in [4.78, 5) is 25.5. The lowest BCUT2D eigenvalue weighted by Gasteiger charge is -2.19. The van der Waals surface area contributed by atoms with Crippen LogP contribution in [-0.2, 0) is 17.8 Å². The van der Waals surface area contributed by atoms with Crippen LogP contribution in [0.1, 0.15) is 16.7 Å². The summed E-state index contributed by atoms with van der Waals surface area (Å²) < 4.78 is 7.18. The molecule has 0 atom stereocenters. The molecule has 0 unspecified atom stereocenters. The van der Waals surface area contributed by atoms with E-state index in [0.29, 0.717) is 17.8 Å². The van der Waals surface area contributed by atoms with Crippen LogP contribution >= 0.6 is 0 Å². The number of carbonyl (C=O) groups is 1. The summed E-state index contributed by atoms with van der Waals surface area (Å²) >= 11 is 0. The number of benzene rings is 3. The van der Waals surface area contributed by atoms with E-state index < -0.39 is 4.92 Å². The van der Waals surface area contributed by atoms with Gasteiger partial charge in [0, 0.05) is 48.6 Å². The molecule has 0 N–H and O–H groups in total. The van der Waals surface area contributed by atoms with Crippen LogP contribution in [0.3, 0.4) is 0 Å². The highest BCUT2D eigenvalue weighted by Gasteiger charge is 2.19. The first-order chi connectivity index (χ1) is 16.9. The number of ether oxygens (including phenoxy) is 1. The highest BCUT2D eigenvalue weighted by Crippen LogP contribution is 2.27. The van der Waals surface area contributed by atoms with E-state index in [4.69, 9.17) is 9.84 Å². The Morgan fingerprint density at radius 2 is 1.77 bits per heavy atom. The van der Waals surface area contributed by atoms with Crippen molar-refractivity contribution < 1.29 is 14.5 Å². The molecular formula is C27H26N4O4. The van der Waals surface area contributed by atoms with Crippen LogP contribution in [0.5, 0.6) is 5.75 Å². The maximum absolute atomic E-state index is 13.2. The quantitative estimate of drug-likeness (QED) is 0.268. The second-order valence-electron chi connectivity index (χ2n) is 8.33. The van der Waals surface area contributed by atoms with Crippen molar-refractivity contribution in [2.45, 2.75) is 19.9 Å². The number of rotatable bonds is 8. The van der Waals surface area contributed by atoms with E-state index in [1.807, 2.05) is 61.7 Å². The van der Waals surface area contributed by atoms with Gasteiger partial charge in [-0.3, -0.25) is 14.9 Å². The fourth-order valence-electron chi connectivity index (χ4n) is 3.91. The summed E-state index contributed by atoms with van der Waals surface area (Å²) in [6.45, 7) is 2.41. The zero-order valence-corrected chi connectivity index (χ0v) is 19.8. The van der Waals surface area contributed by atoms with E-state index in [-0.39, 0.29) is 18.0 Å². The number of nitrogens with zero attached hydrogens (tertiary/aromatic N) is 4. The lowest BCUT2D eigenvalue weighted by atomic mass is 10.0. The number of hydrogen-bond acceptors (Lipinski definition) is 5. The van der Waals surface area contributed by atoms with Crippen LogP contribution in [-0.4, -0.2) is 39.7 Å². The minimum Gasteiger partial charge on any atom is -0.496 e. The normalized spacial score (nSPS) is 10.7. The third kappa shape index (κ3) is 5.38. The molecule has 178 valence electrons. The zero-order chi connectivity index (χ0) is 24.9. The predicted octanol–water partition coefficient (Wildman–Crippen LogP) is 4.97. The highest BCUT2D eigenvalue weighted by molar-refractivity contribution is 5.81. The summed E-state index contributed by atoms with van der Waals surface area (Å²) in [6.07, 6.45) is 1.97. The van der Waals surface area contributed by atoms with Gasteiger partial charge in [-0.15, -0.1) is 0 Å². The number of para-hydroxylation sites is 1. The fraction of sp³-hybridized carbons (Fsp3) is 0.185. The summed E-state index contributed by atoms with van der Waals surface area (Å²) in [5.41, 5.74) is 4.92. The first-order valence-corrected chi connectivity index (χ1v) is 11.1. The predicted molar refractivity (Wildman–Crippen MR) is 134 cm³/mol. The van der Waals surface area contributed by atoms with Gasteiger partial charge < -0.3 is 9.64 Å². The van der Waals surface area contributed by atoms with Crippen LogP contribution in [0, 0.1) is 17.0 Å². The Hall–Kier alpha value is -4.46. The molecule has 0 fully saturated rings. The number of methoxy groups -OCH3 is 1. The number of nitro groups is 1. The Labute approximate surface area is 203 Å². The van der Waals surface area contributed by atoms with Crippen molar-refractivity contribution >= 4 is 11.6 Å². The van der Waals surface area contributed by atoms with Crippen LogP contribution in [0.4, 0.5) is 5.69 Å². The molecule has 0 aliphatic heterocycles. The Kier molecular flexibility index (Phi) is 6.91. The monoisotopic (exact) mass is 470 g/mol. The van der Waals surface area contributed by atoms with Gasteiger partial charge in [0.2, 0.25) is 5.91 Å². The van der Waals surface area contributed by atoms with Gasteiger partial charge in [0.05, 0.1) is 29.8 Å². The molecule has 4 rings (SSSR count). The van der Waals surface area contributed by atoms with E-state index in [1.54, 1.807) is 35.9 Å². The number of hydrogen-bond donors (Lipinski definition) is 0. The van der Waals surface area contributed by atoms with Gasteiger partial charge in [-0.2, -0.15) is 5.10 Å². The molecule has 1 aromatic heterocycles. The lowest BCUT2D eigenvalue weighted by Crippen LogP contribution is -2.28. The maximum Gasteiger partial charge on any atom is 0.269 e. The Balaban J connectivity index is 1.63. The second kappa shape index (κ2) is 10.2. The minimum absolute atomic E-state index is 0.000651. The molecule has 35 heavy (non-hydrogen) atoms. The first-order valence-electron chi connectivity index (χ1n) is 11.1. The van der Waals surface area contributed by atoms with Crippen molar-refractivity contribution in [2.75, 3.05) is 14.2 Å². The molecule has 0 saturated heterocycles.